The zero-order valence-corrected chi connectivity index (χ0v) is 12.1. The van der Waals surface area contributed by atoms with E-state index in [9.17, 15) is 20.2 Å². The van der Waals surface area contributed by atoms with Gasteiger partial charge in [0, 0.05) is 23.4 Å². The second-order valence-corrected chi connectivity index (χ2v) is 4.61. The topological polar surface area (TPSA) is 141 Å². The van der Waals surface area contributed by atoms with E-state index in [4.69, 9.17) is 5.73 Å². The molecule has 9 nitrogen and oxygen atoms in total. The van der Waals surface area contributed by atoms with Crippen molar-refractivity contribution in [2.75, 3.05) is 5.73 Å². The highest BCUT2D eigenvalue weighted by molar-refractivity contribution is 5.87. The van der Waals surface area contributed by atoms with E-state index in [1.807, 2.05) is 0 Å². The van der Waals surface area contributed by atoms with Crippen molar-refractivity contribution < 1.29 is 9.85 Å². The summed E-state index contributed by atoms with van der Waals surface area (Å²) in [6.45, 7) is 1.63. The number of nitrogens with zero attached hydrogens (tertiary/aromatic N) is 3. The lowest BCUT2D eigenvalue weighted by Crippen LogP contribution is -1.95. The first-order valence-electron chi connectivity index (χ1n) is 6.47. The van der Waals surface area contributed by atoms with E-state index in [-0.39, 0.29) is 11.4 Å². The molecule has 0 unspecified atom stereocenters. The van der Waals surface area contributed by atoms with E-state index in [0.29, 0.717) is 22.2 Å². The Bertz CT molecular complexity index is 874. The van der Waals surface area contributed by atoms with Crippen molar-refractivity contribution in [3.63, 3.8) is 0 Å². The normalized spacial score (nSPS) is 9.96. The Labute approximate surface area is 130 Å². The fourth-order valence-corrected chi connectivity index (χ4v) is 1.95. The van der Waals surface area contributed by atoms with Crippen LogP contribution in [-0.2, 0) is 0 Å². The zero-order chi connectivity index (χ0) is 17.0. The third-order valence-corrected chi connectivity index (χ3v) is 3.20. The summed E-state index contributed by atoms with van der Waals surface area (Å²) >= 11 is 0. The molecule has 0 amide bonds. The lowest BCUT2D eigenvalue weighted by Gasteiger charge is -1.98. The average Bonchev–Trinajstić information content (AvgIpc) is 2.98. The minimum Gasteiger partial charge on any atom is -0.398 e. The van der Waals surface area contributed by atoms with Crippen LogP contribution in [0.3, 0.4) is 0 Å². The second-order valence-electron chi connectivity index (χ2n) is 4.61. The van der Waals surface area contributed by atoms with Crippen molar-refractivity contribution in [3.8, 4) is 0 Å². The number of non-ortho nitro benzene ring substituents is 1. The highest BCUT2D eigenvalue weighted by Gasteiger charge is 2.11. The Kier molecular flexibility index (Phi) is 4.50. The van der Waals surface area contributed by atoms with Gasteiger partial charge in [0.05, 0.1) is 26.9 Å². The molecule has 0 bridgehead atoms. The van der Waals surface area contributed by atoms with Crippen LogP contribution >= 0.6 is 0 Å². The van der Waals surface area contributed by atoms with E-state index in [0.717, 1.165) is 0 Å². The van der Waals surface area contributed by atoms with Gasteiger partial charge in [0.2, 0.25) is 0 Å². The van der Waals surface area contributed by atoms with Crippen molar-refractivity contribution in [3.05, 3.63) is 68.4 Å². The number of benzene rings is 2. The number of anilines is 1. The summed E-state index contributed by atoms with van der Waals surface area (Å²) in [5.41, 5.74) is 7.28. The Balaban J connectivity index is 0.000000168. The number of nitro groups is 2. The van der Waals surface area contributed by atoms with E-state index in [1.54, 1.807) is 31.2 Å². The first-order valence-corrected chi connectivity index (χ1v) is 6.47. The summed E-state index contributed by atoms with van der Waals surface area (Å²) in [6, 6.07) is 9.47. The fourth-order valence-electron chi connectivity index (χ4n) is 1.95. The molecule has 0 atom stereocenters. The number of nitrogens with two attached hydrogens (primary N) is 1. The van der Waals surface area contributed by atoms with E-state index in [1.165, 1.54) is 18.3 Å². The van der Waals surface area contributed by atoms with Crippen LogP contribution in [0.5, 0.6) is 0 Å². The molecule has 0 aliphatic carbocycles. The molecule has 1 aromatic heterocycles. The number of nitro benzene ring substituents is 2. The maximum absolute atomic E-state index is 10.5. The molecule has 3 aromatic rings. The van der Waals surface area contributed by atoms with Crippen LogP contribution < -0.4 is 5.73 Å². The molecule has 118 valence electrons. The summed E-state index contributed by atoms with van der Waals surface area (Å²) in [6.07, 6.45) is 1.45. The van der Waals surface area contributed by atoms with Gasteiger partial charge in [0.25, 0.3) is 11.4 Å². The van der Waals surface area contributed by atoms with Crippen molar-refractivity contribution in [2.24, 2.45) is 0 Å². The molecule has 2 aromatic carbocycles. The van der Waals surface area contributed by atoms with E-state index >= 15 is 0 Å². The van der Waals surface area contributed by atoms with E-state index in [2.05, 4.69) is 10.2 Å². The molecule has 0 saturated heterocycles. The Morgan fingerprint density at radius 1 is 1.04 bits per heavy atom. The summed E-state index contributed by atoms with van der Waals surface area (Å²) in [4.78, 5) is 19.9. The van der Waals surface area contributed by atoms with Crippen molar-refractivity contribution in [2.45, 2.75) is 6.92 Å². The molecule has 0 aliphatic heterocycles. The number of nitrogen functional groups attached to an aromatic ring is 1. The number of fused-ring (bicyclic) bond motifs is 1. The summed E-state index contributed by atoms with van der Waals surface area (Å²) in [7, 11) is 0. The summed E-state index contributed by atoms with van der Waals surface area (Å²) in [5.74, 6) is 0. The fraction of sp³-hybridized carbons (Fsp3) is 0.0714. The van der Waals surface area contributed by atoms with Gasteiger partial charge in [-0.15, -0.1) is 0 Å². The highest BCUT2D eigenvalue weighted by atomic mass is 16.6. The maximum Gasteiger partial charge on any atom is 0.280 e. The van der Waals surface area contributed by atoms with Gasteiger partial charge in [-0.2, -0.15) is 5.10 Å². The maximum atomic E-state index is 10.5. The van der Waals surface area contributed by atoms with Crippen LogP contribution in [0.25, 0.3) is 10.9 Å². The SMILES string of the molecule is Cc1c(N)cccc1[N+](=O)[O-].O=[N+]([O-])c1cccc2[nH]ncc12. The van der Waals surface area contributed by atoms with Gasteiger partial charge in [-0.3, -0.25) is 25.3 Å². The van der Waals surface area contributed by atoms with E-state index < -0.39 is 9.85 Å². The van der Waals surface area contributed by atoms with Crippen LogP contribution in [0, 0.1) is 27.2 Å². The Morgan fingerprint density at radius 3 is 2.26 bits per heavy atom. The van der Waals surface area contributed by atoms with Gasteiger partial charge in [-0.05, 0) is 19.1 Å². The van der Waals surface area contributed by atoms with Crippen LogP contribution in [0.15, 0.2) is 42.6 Å². The lowest BCUT2D eigenvalue weighted by molar-refractivity contribution is -0.385. The van der Waals surface area contributed by atoms with Crippen LogP contribution in [0.4, 0.5) is 17.1 Å². The molecule has 0 aliphatic rings. The molecule has 23 heavy (non-hydrogen) atoms. The lowest BCUT2D eigenvalue weighted by atomic mass is 10.2. The molecule has 0 spiro atoms. The molecule has 3 N–H and O–H groups in total. The second kappa shape index (κ2) is 6.52. The highest BCUT2D eigenvalue weighted by Crippen LogP contribution is 2.23. The molecule has 0 fully saturated rings. The largest absolute Gasteiger partial charge is 0.398 e. The Hall–Kier alpha value is -3.49. The number of aromatic amines is 1. The van der Waals surface area contributed by atoms with Crippen molar-refractivity contribution in [1.82, 2.24) is 10.2 Å². The molecule has 1 heterocycles. The Morgan fingerprint density at radius 2 is 1.65 bits per heavy atom. The smallest absolute Gasteiger partial charge is 0.280 e. The van der Waals surface area contributed by atoms with Gasteiger partial charge in [-0.25, -0.2) is 0 Å². The quantitative estimate of drug-likeness (QED) is 0.423. The molecule has 9 heteroatoms. The first kappa shape index (κ1) is 15.9. The average molecular weight is 315 g/mol. The number of hydrogen-bond acceptors (Lipinski definition) is 6. The number of nitrogens with one attached hydrogen (secondary N) is 1. The number of H-pyrrole nitrogens is 1. The van der Waals surface area contributed by atoms with Gasteiger partial charge >= 0.3 is 0 Å². The van der Waals surface area contributed by atoms with Crippen molar-refractivity contribution >= 4 is 28.0 Å². The minimum absolute atomic E-state index is 0.0741. The predicted molar refractivity (Wildman–Crippen MR) is 85.0 cm³/mol. The number of hydrogen-bond donors (Lipinski definition) is 2. The first-order chi connectivity index (χ1) is 10.9. The van der Waals surface area contributed by atoms with Crippen LogP contribution in [0.1, 0.15) is 5.56 Å². The number of aromatic nitrogens is 2. The molecular weight excluding hydrogens is 302 g/mol. The van der Waals surface area contributed by atoms with Gasteiger partial charge in [0.15, 0.2) is 0 Å². The van der Waals surface area contributed by atoms with Crippen LogP contribution in [-0.4, -0.2) is 20.0 Å². The molecule has 0 saturated carbocycles. The molecule has 0 radical (unpaired) electrons. The zero-order valence-electron chi connectivity index (χ0n) is 12.1. The summed E-state index contributed by atoms with van der Waals surface area (Å²) in [5, 5.41) is 27.7. The third-order valence-electron chi connectivity index (χ3n) is 3.20. The van der Waals surface area contributed by atoms with Gasteiger partial charge in [-0.1, -0.05) is 12.1 Å². The number of rotatable bonds is 2. The standard InChI is InChI=1S/C7H5N3O2.C7H8N2O2/c11-10(12)7-3-1-2-6-5(7)4-8-9-6;1-5-6(8)3-2-4-7(5)9(10)11/h1-4H,(H,8,9);2-4H,8H2,1H3. The third kappa shape index (κ3) is 3.40. The summed E-state index contributed by atoms with van der Waals surface area (Å²) < 4.78 is 0. The van der Waals surface area contributed by atoms with Gasteiger partial charge in [0.1, 0.15) is 0 Å². The monoisotopic (exact) mass is 315 g/mol. The van der Waals surface area contributed by atoms with Crippen LogP contribution in [0.2, 0.25) is 0 Å². The van der Waals surface area contributed by atoms with Crippen molar-refractivity contribution in [1.29, 1.82) is 0 Å². The molecule has 3 rings (SSSR count). The predicted octanol–water partition coefficient (Wildman–Crippen LogP) is 2.96. The molecular formula is C14H13N5O4. The van der Waals surface area contributed by atoms with Gasteiger partial charge < -0.3 is 5.73 Å². The minimum atomic E-state index is -0.439.